The summed E-state index contributed by atoms with van der Waals surface area (Å²) in [6.45, 7) is 3.32. The Labute approximate surface area is 182 Å². The largest absolute Gasteiger partial charge is 0.490 e. The number of hydrogen-bond acceptors (Lipinski definition) is 4. The molecular formula is C25H28FN3O2. The molecule has 6 heteroatoms. The van der Waals surface area contributed by atoms with Crippen LogP contribution in [-0.4, -0.2) is 45.5 Å². The van der Waals surface area contributed by atoms with Crippen molar-refractivity contribution in [2.75, 3.05) is 19.6 Å². The lowest BCUT2D eigenvalue weighted by atomic mass is 10.0. The van der Waals surface area contributed by atoms with Gasteiger partial charge >= 0.3 is 0 Å². The first-order chi connectivity index (χ1) is 15.1. The van der Waals surface area contributed by atoms with E-state index in [1.165, 1.54) is 17.7 Å². The molecule has 31 heavy (non-hydrogen) atoms. The predicted octanol–water partition coefficient (Wildman–Crippen LogP) is 3.89. The zero-order chi connectivity index (χ0) is 21.2. The van der Waals surface area contributed by atoms with Gasteiger partial charge in [-0.25, -0.2) is 4.39 Å². The van der Waals surface area contributed by atoms with E-state index in [1.807, 2.05) is 29.1 Å². The Hall–Kier alpha value is -2.70. The van der Waals surface area contributed by atoms with Gasteiger partial charge in [0.1, 0.15) is 11.6 Å². The van der Waals surface area contributed by atoms with E-state index in [0.717, 1.165) is 37.2 Å². The second kappa shape index (κ2) is 8.81. The average Bonchev–Trinajstić information content (AvgIpc) is 3.46. The monoisotopic (exact) mass is 421 g/mol. The Kier molecular flexibility index (Phi) is 5.74. The van der Waals surface area contributed by atoms with Gasteiger partial charge in [0.05, 0.1) is 24.9 Å². The van der Waals surface area contributed by atoms with Crippen LogP contribution in [0.1, 0.15) is 30.1 Å². The molecule has 0 bridgehead atoms. The molecule has 1 saturated heterocycles. The summed E-state index contributed by atoms with van der Waals surface area (Å²) in [5.41, 5.74) is 2.06. The van der Waals surface area contributed by atoms with Crippen LogP contribution in [0.25, 0.3) is 0 Å². The van der Waals surface area contributed by atoms with Crippen LogP contribution in [0.5, 0.6) is 5.75 Å². The van der Waals surface area contributed by atoms with Crippen LogP contribution in [0.3, 0.4) is 0 Å². The number of aliphatic hydroxyl groups excluding tert-OH is 1. The van der Waals surface area contributed by atoms with Gasteiger partial charge in [-0.1, -0.05) is 30.3 Å². The lowest BCUT2D eigenvalue weighted by Crippen LogP contribution is -2.28. The third-order valence-electron chi connectivity index (χ3n) is 6.56. The van der Waals surface area contributed by atoms with E-state index in [9.17, 15) is 9.50 Å². The number of aliphatic hydroxyl groups is 1. The van der Waals surface area contributed by atoms with Crippen LogP contribution in [0.2, 0.25) is 0 Å². The Bertz CT molecular complexity index is 978. The van der Waals surface area contributed by atoms with Gasteiger partial charge in [-0.2, -0.15) is 5.10 Å². The molecule has 3 aromatic rings. The van der Waals surface area contributed by atoms with Crippen molar-refractivity contribution in [3.05, 3.63) is 83.9 Å². The Morgan fingerprint density at radius 2 is 1.74 bits per heavy atom. The van der Waals surface area contributed by atoms with Crippen molar-refractivity contribution >= 4 is 0 Å². The second-order valence-corrected chi connectivity index (χ2v) is 8.88. The zero-order valence-electron chi connectivity index (χ0n) is 17.5. The fraction of sp³-hybridized carbons (Fsp3) is 0.400. The molecule has 2 unspecified atom stereocenters. The highest BCUT2D eigenvalue weighted by molar-refractivity contribution is 5.22. The Morgan fingerprint density at radius 3 is 2.45 bits per heavy atom. The van der Waals surface area contributed by atoms with Crippen LogP contribution >= 0.6 is 0 Å². The molecule has 162 valence electrons. The SMILES string of the molecule is OC(CN1C[C@H]2CC(Oc3ccc(F)cc3)C[C@H]2C1)c1cnn(Cc2ccccc2)c1. The lowest BCUT2D eigenvalue weighted by Gasteiger charge is -2.22. The minimum Gasteiger partial charge on any atom is -0.490 e. The van der Waals surface area contributed by atoms with Gasteiger partial charge in [-0.05, 0) is 54.5 Å². The minimum absolute atomic E-state index is 0.198. The molecular weight excluding hydrogens is 393 g/mol. The zero-order valence-corrected chi connectivity index (χ0v) is 17.5. The van der Waals surface area contributed by atoms with Crippen LogP contribution in [0.4, 0.5) is 4.39 Å². The molecule has 0 spiro atoms. The van der Waals surface area contributed by atoms with Crippen molar-refractivity contribution in [1.29, 1.82) is 0 Å². The number of likely N-dealkylation sites (tertiary alicyclic amines) is 1. The molecule has 1 aliphatic carbocycles. The van der Waals surface area contributed by atoms with Gasteiger partial charge in [-0.3, -0.25) is 9.58 Å². The summed E-state index contributed by atoms with van der Waals surface area (Å²) < 4.78 is 21.0. The fourth-order valence-corrected chi connectivity index (χ4v) is 5.05. The average molecular weight is 422 g/mol. The van der Waals surface area contributed by atoms with Crippen molar-refractivity contribution in [1.82, 2.24) is 14.7 Å². The lowest BCUT2D eigenvalue weighted by molar-refractivity contribution is 0.116. The van der Waals surface area contributed by atoms with E-state index in [-0.39, 0.29) is 11.9 Å². The third-order valence-corrected chi connectivity index (χ3v) is 6.56. The molecule has 2 heterocycles. The predicted molar refractivity (Wildman–Crippen MR) is 116 cm³/mol. The number of ether oxygens (including phenoxy) is 1. The van der Waals surface area contributed by atoms with Gasteiger partial charge in [0, 0.05) is 31.4 Å². The van der Waals surface area contributed by atoms with Crippen LogP contribution in [0.15, 0.2) is 67.0 Å². The number of hydrogen-bond donors (Lipinski definition) is 1. The minimum atomic E-state index is -0.533. The number of fused-ring (bicyclic) bond motifs is 1. The molecule has 1 aromatic heterocycles. The maximum Gasteiger partial charge on any atom is 0.123 e. The number of β-amino-alcohol motifs (C(OH)–C–C–N with tert-alkyl or cyclic N) is 1. The summed E-state index contributed by atoms with van der Waals surface area (Å²) in [5.74, 6) is 1.69. The van der Waals surface area contributed by atoms with E-state index >= 15 is 0 Å². The van der Waals surface area contributed by atoms with E-state index in [4.69, 9.17) is 4.74 Å². The number of rotatable bonds is 7. The maximum atomic E-state index is 13.1. The molecule has 1 aliphatic heterocycles. The maximum absolute atomic E-state index is 13.1. The highest BCUT2D eigenvalue weighted by Gasteiger charge is 2.42. The summed E-state index contributed by atoms with van der Waals surface area (Å²) in [5, 5.41) is 15.2. The summed E-state index contributed by atoms with van der Waals surface area (Å²) in [6.07, 6.45) is 5.42. The molecule has 5 nitrogen and oxygen atoms in total. The Balaban J connectivity index is 1.11. The molecule has 5 rings (SSSR count). The molecule has 2 aliphatic rings. The summed E-state index contributed by atoms with van der Waals surface area (Å²) in [7, 11) is 0. The smallest absolute Gasteiger partial charge is 0.123 e. The fourth-order valence-electron chi connectivity index (χ4n) is 5.05. The third kappa shape index (κ3) is 4.81. The number of aromatic nitrogens is 2. The van der Waals surface area contributed by atoms with Crippen molar-refractivity contribution in [2.45, 2.75) is 31.6 Å². The van der Waals surface area contributed by atoms with Crippen molar-refractivity contribution in [2.24, 2.45) is 11.8 Å². The van der Waals surface area contributed by atoms with Crippen LogP contribution in [0, 0.1) is 17.7 Å². The van der Waals surface area contributed by atoms with Crippen molar-refractivity contribution < 1.29 is 14.2 Å². The highest BCUT2D eigenvalue weighted by atomic mass is 19.1. The topological polar surface area (TPSA) is 50.5 Å². The molecule has 4 atom stereocenters. The van der Waals surface area contributed by atoms with Crippen molar-refractivity contribution in [3.63, 3.8) is 0 Å². The molecule has 1 saturated carbocycles. The summed E-state index contributed by atoms with van der Waals surface area (Å²) in [6, 6.07) is 16.5. The van der Waals surface area contributed by atoms with Crippen LogP contribution in [-0.2, 0) is 6.54 Å². The first kappa shape index (κ1) is 20.2. The molecule has 0 radical (unpaired) electrons. The quantitative estimate of drug-likeness (QED) is 0.629. The van der Waals surface area contributed by atoms with E-state index in [2.05, 4.69) is 22.1 Å². The van der Waals surface area contributed by atoms with Gasteiger partial charge < -0.3 is 9.84 Å². The molecule has 0 amide bonds. The first-order valence-corrected chi connectivity index (χ1v) is 11.0. The first-order valence-electron chi connectivity index (χ1n) is 11.0. The number of halogens is 1. The summed E-state index contributed by atoms with van der Waals surface area (Å²) in [4.78, 5) is 2.36. The molecule has 2 fully saturated rings. The molecule has 2 aromatic carbocycles. The van der Waals surface area contributed by atoms with Gasteiger partial charge in [0.25, 0.3) is 0 Å². The second-order valence-electron chi connectivity index (χ2n) is 8.88. The van der Waals surface area contributed by atoms with Gasteiger partial charge in [-0.15, -0.1) is 0 Å². The number of nitrogens with zero attached hydrogens (tertiary/aromatic N) is 3. The standard InChI is InChI=1S/C25H28FN3O2/c26-22-6-8-23(9-7-22)31-24-10-19-14-28(15-20(19)11-24)17-25(30)21-12-27-29(16-21)13-18-4-2-1-3-5-18/h1-9,12,16,19-20,24-25,30H,10-11,13-15,17H2/t19-,20+,24?,25?. The Morgan fingerprint density at radius 1 is 1.03 bits per heavy atom. The highest BCUT2D eigenvalue weighted by Crippen LogP contribution is 2.40. The van der Waals surface area contributed by atoms with Gasteiger partial charge in [0.2, 0.25) is 0 Å². The van der Waals surface area contributed by atoms with Crippen LogP contribution < -0.4 is 4.74 Å². The van der Waals surface area contributed by atoms with E-state index in [1.54, 1.807) is 18.3 Å². The van der Waals surface area contributed by atoms with E-state index in [0.29, 0.717) is 24.9 Å². The number of benzene rings is 2. The van der Waals surface area contributed by atoms with Gasteiger partial charge in [0.15, 0.2) is 0 Å². The molecule has 1 N–H and O–H groups in total. The normalized spacial score (nSPS) is 24.3. The van der Waals surface area contributed by atoms with Crippen molar-refractivity contribution in [3.8, 4) is 5.75 Å². The van der Waals surface area contributed by atoms with E-state index < -0.39 is 6.10 Å². The summed E-state index contributed by atoms with van der Waals surface area (Å²) >= 11 is 0.